The third kappa shape index (κ3) is 1.73. The molecule has 2 aliphatic carbocycles. The molecule has 0 aromatic carbocycles. The van der Waals surface area contributed by atoms with Gasteiger partial charge in [0.05, 0.1) is 0 Å². The summed E-state index contributed by atoms with van der Waals surface area (Å²) >= 11 is 5.96. The fourth-order valence-electron chi connectivity index (χ4n) is 4.32. The van der Waals surface area contributed by atoms with E-state index in [1.807, 2.05) is 12.1 Å². The average Bonchev–Trinajstić information content (AvgIpc) is 2.76. The van der Waals surface area contributed by atoms with E-state index >= 15 is 0 Å². The van der Waals surface area contributed by atoms with Gasteiger partial charge in [0.1, 0.15) is 5.15 Å². The lowest BCUT2D eigenvalue weighted by molar-refractivity contribution is 0.155. The van der Waals surface area contributed by atoms with Crippen molar-refractivity contribution in [1.82, 2.24) is 4.98 Å². The van der Waals surface area contributed by atoms with E-state index in [1.165, 1.54) is 19.3 Å². The Morgan fingerprint density at radius 2 is 2.17 bits per heavy atom. The number of pyridine rings is 1. The van der Waals surface area contributed by atoms with E-state index in [-0.39, 0.29) is 0 Å². The molecule has 98 valence electrons. The van der Waals surface area contributed by atoms with Crippen LogP contribution < -0.4 is 5.32 Å². The van der Waals surface area contributed by atoms with Gasteiger partial charge in [-0.25, -0.2) is 4.98 Å². The van der Waals surface area contributed by atoms with Crippen molar-refractivity contribution in [2.75, 3.05) is 5.32 Å². The Morgan fingerprint density at radius 3 is 2.78 bits per heavy atom. The summed E-state index contributed by atoms with van der Waals surface area (Å²) in [7, 11) is 0. The standard InChI is InChI=1S/C15H21ClN2/c1-14(2)10-4-6-15(3,9-10)13(14)18-11-5-7-17-12(16)8-11/h5,7-8,10,13H,4,6,9H2,1-3H3,(H,17,18). The maximum absolute atomic E-state index is 5.96. The number of hydrogen-bond acceptors (Lipinski definition) is 2. The fourth-order valence-corrected chi connectivity index (χ4v) is 4.50. The highest BCUT2D eigenvalue weighted by molar-refractivity contribution is 6.29. The third-order valence-corrected chi connectivity index (χ3v) is 5.51. The molecule has 0 amide bonds. The summed E-state index contributed by atoms with van der Waals surface area (Å²) in [5, 5.41) is 4.28. The van der Waals surface area contributed by atoms with Gasteiger partial charge in [-0.05, 0) is 48.1 Å². The SMILES string of the molecule is CC12CCC(C1)C(C)(C)C2Nc1ccnc(Cl)c1. The van der Waals surface area contributed by atoms with Crippen molar-refractivity contribution in [3.05, 3.63) is 23.5 Å². The molecular formula is C15H21ClN2. The Balaban J connectivity index is 1.88. The maximum atomic E-state index is 5.96. The van der Waals surface area contributed by atoms with Gasteiger partial charge in [0.2, 0.25) is 0 Å². The van der Waals surface area contributed by atoms with Crippen LogP contribution in [0.15, 0.2) is 18.3 Å². The van der Waals surface area contributed by atoms with Crippen molar-refractivity contribution in [3.63, 3.8) is 0 Å². The molecule has 2 fully saturated rings. The first-order valence-corrected chi connectivity index (χ1v) is 7.18. The van der Waals surface area contributed by atoms with Crippen molar-refractivity contribution >= 4 is 17.3 Å². The third-order valence-electron chi connectivity index (χ3n) is 5.31. The predicted octanol–water partition coefficient (Wildman–Crippen LogP) is 4.36. The molecule has 3 atom stereocenters. The number of fused-ring (bicyclic) bond motifs is 2. The molecule has 0 radical (unpaired) electrons. The van der Waals surface area contributed by atoms with Crippen molar-refractivity contribution in [3.8, 4) is 0 Å². The van der Waals surface area contributed by atoms with E-state index < -0.39 is 0 Å². The van der Waals surface area contributed by atoms with Crippen LogP contribution in [-0.2, 0) is 0 Å². The zero-order valence-electron chi connectivity index (χ0n) is 11.3. The number of nitrogens with zero attached hydrogens (tertiary/aromatic N) is 1. The Bertz CT molecular complexity index is 467. The lowest BCUT2D eigenvalue weighted by Crippen LogP contribution is -2.45. The summed E-state index contributed by atoms with van der Waals surface area (Å²) in [5.41, 5.74) is 1.90. The van der Waals surface area contributed by atoms with Gasteiger partial charge in [-0.3, -0.25) is 0 Å². The molecule has 3 rings (SSSR count). The summed E-state index contributed by atoms with van der Waals surface area (Å²) in [6, 6.07) is 4.46. The Hall–Kier alpha value is -0.760. The summed E-state index contributed by atoms with van der Waals surface area (Å²) in [6.45, 7) is 7.24. The van der Waals surface area contributed by atoms with Crippen LogP contribution in [0.3, 0.4) is 0 Å². The number of halogens is 1. The molecule has 2 aliphatic rings. The molecule has 2 nitrogen and oxygen atoms in total. The second-order valence-electron chi connectivity index (χ2n) is 6.86. The number of nitrogens with one attached hydrogen (secondary N) is 1. The van der Waals surface area contributed by atoms with Gasteiger partial charge in [-0.1, -0.05) is 32.4 Å². The Labute approximate surface area is 114 Å². The molecule has 3 unspecified atom stereocenters. The monoisotopic (exact) mass is 264 g/mol. The maximum Gasteiger partial charge on any atom is 0.131 e. The lowest BCUT2D eigenvalue weighted by atomic mass is 9.68. The molecule has 2 saturated carbocycles. The number of hydrogen-bond donors (Lipinski definition) is 1. The molecule has 0 aliphatic heterocycles. The Kier molecular flexibility index (Phi) is 2.64. The molecule has 3 heteroatoms. The van der Waals surface area contributed by atoms with Gasteiger partial charge in [0, 0.05) is 17.9 Å². The zero-order valence-corrected chi connectivity index (χ0v) is 12.1. The van der Waals surface area contributed by atoms with Crippen molar-refractivity contribution in [2.24, 2.45) is 16.7 Å². The normalized spacial score (nSPS) is 36.9. The van der Waals surface area contributed by atoms with Crippen LogP contribution in [0.2, 0.25) is 5.15 Å². The van der Waals surface area contributed by atoms with Crippen molar-refractivity contribution < 1.29 is 0 Å². The minimum absolute atomic E-state index is 0.364. The summed E-state index contributed by atoms with van der Waals surface area (Å²) < 4.78 is 0. The van der Waals surface area contributed by atoms with Gasteiger partial charge in [-0.2, -0.15) is 0 Å². The molecule has 1 N–H and O–H groups in total. The second kappa shape index (κ2) is 3.86. The molecule has 0 spiro atoms. The van der Waals surface area contributed by atoms with Crippen LogP contribution >= 0.6 is 11.6 Å². The van der Waals surface area contributed by atoms with E-state index in [2.05, 4.69) is 31.1 Å². The molecule has 2 bridgehead atoms. The molecular weight excluding hydrogens is 244 g/mol. The van der Waals surface area contributed by atoms with E-state index in [0.717, 1.165) is 11.6 Å². The van der Waals surface area contributed by atoms with Gasteiger partial charge < -0.3 is 5.32 Å². The van der Waals surface area contributed by atoms with Gasteiger partial charge in [-0.15, -0.1) is 0 Å². The first-order valence-electron chi connectivity index (χ1n) is 6.80. The largest absolute Gasteiger partial charge is 0.381 e. The highest BCUT2D eigenvalue weighted by Crippen LogP contribution is 2.63. The van der Waals surface area contributed by atoms with Crippen LogP contribution in [0.1, 0.15) is 40.0 Å². The first-order chi connectivity index (χ1) is 8.42. The van der Waals surface area contributed by atoms with Crippen LogP contribution in [0, 0.1) is 16.7 Å². The quantitative estimate of drug-likeness (QED) is 0.803. The fraction of sp³-hybridized carbons (Fsp3) is 0.667. The number of aromatic nitrogens is 1. The molecule has 1 aromatic heterocycles. The van der Waals surface area contributed by atoms with E-state index in [9.17, 15) is 0 Å². The van der Waals surface area contributed by atoms with Crippen LogP contribution in [-0.4, -0.2) is 11.0 Å². The Morgan fingerprint density at radius 1 is 1.39 bits per heavy atom. The predicted molar refractivity (Wildman–Crippen MR) is 75.9 cm³/mol. The smallest absolute Gasteiger partial charge is 0.131 e. The van der Waals surface area contributed by atoms with Crippen molar-refractivity contribution in [1.29, 1.82) is 0 Å². The van der Waals surface area contributed by atoms with E-state index in [1.54, 1.807) is 6.20 Å². The van der Waals surface area contributed by atoms with Crippen molar-refractivity contribution in [2.45, 2.75) is 46.1 Å². The minimum Gasteiger partial charge on any atom is -0.381 e. The zero-order chi connectivity index (χ0) is 13.0. The van der Waals surface area contributed by atoms with Crippen LogP contribution in [0.4, 0.5) is 5.69 Å². The number of anilines is 1. The number of rotatable bonds is 2. The highest BCUT2D eigenvalue weighted by atomic mass is 35.5. The van der Waals surface area contributed by atoms with Crippen LogP contribution in [0.25, 0.3) is 0 Å². The van der Waals surface area contributed by atoms with E-state index in [4.69, 9.17) is 11.6 Å². The van der Waals surface area contributed by atoms with Gasteiger partial charge in [0.25, 0.3) is 0 Å². The minimum atomic E-state index is 0.364. The summed E-state index contributed by atoms with van der Waals surface area (Å²) in [4.78, 5) is 4.04. The van der Waals surface area contributed by atoms with Gasteiger partial charge >= 0.3 is 0 Å². The molecule has 1 aromatic rings. The molecule has 1 heterocycles. The van der Waals surface area contributed by atoms with Gasteiger partial charge in [0.15, 0.2) is 0 Å². The van der Waals surface area contributed by atoms with E-state index in [0.29, 0.717) is 22.0 Å². The van der Waals surface area contributed by atoms with Crippen LogP contribution in [0.5, 0.6) is 0 Å². The second-order valence-corrected chi connectivity index (χ2v) is 7.25. The molecule has 0 saturated heterocycles. The topological polar surface area (TPSA) is 24.9 Å². The molecule has 18 heavy (non-hydrogen) atoms. The summed E-state index contributed by atoms with van der Waals surface area (Å²) in [5.74, 6) is 0.859. The highest BCUT2D eigenvalue weighted by Gasteiger charge is 2.59. The first kappa shape index (κ1) is 12.3. The lowest BCUT2D eigenvalue weighted by Gasteiger charge is -2.43. The average molecular weight is 265 g/mol. The summed E-state index contributed by atoms with van der Waals surface area (Å²) in [6.07, 6.45) is 5.86.